The summed E-state index contributed by atoms with van der Waals surface area (Å²) >= 11 is 0. The van der Waals surface area contributed by atoms with Crippen LogP contribution in [0.15, 0.2) is 59.5 Å². The van der Waals surface area contributed by atoms with Gasteiger partial charge in [0.2, 0.25) is 0 Å². The Morgan fingerprint density at radius 3 is 2.24 bits per heavy atom. The Labute approximate surface area is 194 Å². The highest BCUT2D eigenvalue weighted by atomic mass is 32.2. The van der Waals surface area contributed by atoms with E-state index in [-0.39, 0.29) is 27.7 Å². The molecule has 0 saturated heterocycles. The highest BCUT2D eigenvalue weighted by molar-refractivity contribution is 7.92. The lowest BCUT2D eigenvalue weighted by atomic mass is 9.88. The molecule has 9 heteroatoms. The van der Waals surface area contributed by atoms with Crippen LogP contribution in [0.1, 0.15) is 49.3 Å². The molecule has 0 saturated carbocycles. The molecule has 33 heavy (non-hydrogen) atoms. The van der Waals surface area contributed by atoms with Crippen LogP contribution in [0.2, 0.25) is 0 Å². The van der Waals surface area contributed by atoms with Crippen molar-refractivity contribution in [1.82, 2.24) is 15.1 Å². The standard InChI is InChI=1S/C24H27N5O3S/c1-16-21(23(30)26-17(2)24(3,4)5)22(29(27-16)19-9-7-6-8-10-19)28-33(31,32)20-13-11-18(15-25)12-14-20/h6-14,17,28H,1-5H3,(H,26,30)/t17-/m0/s1. The number of anilines is 1. The first-order valence-corrected chi connectivity index (χ1v) is 11.9. The van der Waals surface area contributed by atoms with Crippen molar-refractivity contribution >= 4 is 21.7 Å². The Kier molecular flexibility index (Phi) is 6.60. The summed E-state index contributed by atoms with van der Waals surface area (Å²) in [5.74, 6) is -0.378. The van der Waals surface area contributed by atoms with Crippen molar-refractivity contribution in [1.29, 1.82) is 5.26 Å². The van der Waals surface area contributed by atoms with E-state index in [4.69, 9.17) is 5.26 Å². The Balaban J connectivity index is 2.11. The third kappa shape index (κ3) is 5.23. The SMILES string of the molecule is Cc1nn(-c2ccccc2)c(NS(=O)(=O)c2ccc(C#N)cc2)c1C(=O)N[C@@H](C)C(C)(C)C. The molecular weight excluding hydrogens is 438 g/mol. The molecule has 0 aliphatic rings. The summed E-state index contributed by atoms with van der Waals surface area (Å²) in [7, 11) is -4.07. The van der Waals surface area contributed by atoms with Gasteiger partial charge in [0.05, 0.1) is 27.9 Å². The van der Waals surface area contributed by atoms with Crippen LogP contribution in [0.4, 0.5) is 5.82 Å². The quantitative estimate of drug-likeness (QED) is 0.570. The molecule has 0 aliphatic carbocycles. The molecular formula is C24H27N5O3S. The van der Waals surface area contributed by atoms with Crippen molar-refractivity contribution < 1.29 is 13.2 Å². The average Bonchev–Trinajstić information content (AvgIpc) is 3.08. The largest absolute Gasteiger partial charge is 0.349 e. The summed E-state index contributed by atoms with van der Waals surface area (Å²) in [5, 5.41) is 16.4. The van der Waals surface area contributed by atoms with Crippen molar-refractivity contribution in [3.8, 4) is 11.8 Å². The third-order valence-corrected chi connectivity index (χ3v) is 6.81. The van der Waals surface area contributed by atoms with Crippen molar-refractivity contribution in [3.05, 3.63) is 71.4 Å². The molecule has 1 atom stereocenters. The van der Waals surface area contributed by atoms with E-state index in [0.29, 0.717) is 16.9 Å². The molecule has 172 valence electrons. The molecule has 3 rings (SSSR count). The first kappa shape index (κ1) is 24.0. The van der Waals surface area contributed by atoms with Gasteiger partial charge in [0.1, 0.15) is 5.56 Å². The number of nitriles is 1. The first-order chi connectivity index (χ1) is 15.4. The molecule has 0 spiro atoms. The van der Waals surface area contributed by atoms with E-state index >= 15 is 0 Å². The number of nitrogens with zero attached hydrogens (tertiary/aromatic N) is 3. The number of para-hydroxylation sites is 1. The molecule has 0 aliphatic heterocycles. The summed E-state index contributed by atoms with van der Waals surface area (Å²) in [5.41, 5.74) is 1.28. The van der Waals surface area contributed by atoms with Crippen LogP contribution in [0.3, 0.4) is 0 Å². The minimum absolute atomic E-state index is 0.0330. The first-order valence-electron chi connectivity index (χ1n) is 10.4. The number of carbonyl (C=O) groups excluding carboxylic acids is 1. The van der Waals surface area contributed by atoms with Crippen molar-refractivity contribution in [3.63, 3.8) is 0 Å². The van der Waals surface area contributed by atoms with E-state index in [1.807, 2.05) is 39.8 Å². The second kappa shape index (κ2) is 9.08. The van der Waals surface area contributed by atoms with E-state index in [9.17, 15) is 13.2 Å². The summed E-state index contributed by atoms with van der Waals surface area (Å²) < 4.78 is 30.3. The average molecular weight is 466 g/mol. The molecule has 2 N–H and O–H groups in total. The lowest BCUT2D eigenvalue weighted by Gasteiger charge is -2.28. The van der Waals surface area contributed by atoms with Crippen molar-refractivity contribution in [2.24, 2.45) is 5.41 Å². The zero-order valence-corrected chi connectivity index (χ0v) is 20.1. The number of nitrogens with one attached hydrogen (secondary N) is 2. The van der Waals surface area contributed by atoms with Gasteiger partial charge < -0.3 is 5.32 Å². The number of aromatic nitrogens is 2. The van der Waals surface area contributed by atoms with Gasteiger partial charge in [-0.25, -0.2) is 13.1 Å². The van der Waals surface area contributed by atoms with Gasteiger partial charge in [0, 0.05) is 6.04 Å². The van der Waals surface area contributed by atoms with Crippen LogP contribution in [0.25, 0.3) is 5.69 Å². The molecule has 8 nitrogen and oxygen atoms in total. The normalized spacial score (nSPS) is 12.6. The third-order valence-electron chi connectivity index (χ3n) is 5.46. The summed E-state index contributed by atoms with van der Waals surface area (Å²) in [6.07, 6.45) is 0. The molecule has 2 aromatic carbocycles. The Bertz CT molecular complexity index is 1300. The topological polar surface area (TPSA) is 117 Å². The van der Waals surface area contributed by atoms with E-state index in [1.54, 1.807) is 31.2 Å². The van der Waals surface area contributed by atoms with Crippen LogP contribution in [0, 0.1) is 23.7 Å². The number of amides is 1. The predicted molar refractivity (Wildman–Crippen MR) is 127 cm³/mol. The van der Waals surface area contributed by atoms with Gasteiger partial charge in [-0.15, -0.1) is 0 Å². The van der Waals surface area contributed by atoms with Gasteiger partial charge in [0.15, 0.2) is 5.82 Å². The molecule has 1 amide bonds. The molecule has 0 unspecified atom stereocenters. The van der Waals surface area contributed by atoms with Gasteiger partial charge >= 0.3 is 0 Å². The maximum Gasteiger partial charge on any atom is 0.263 e. The van der Waals surface area contributed by atoms with Crippen LogP contribution in [0.5, 0.6) is 0 Å². The van der Waals surface area contributed by atoms with Gasteiger partial charge in [-0.2, -0.15) is 10.4 Å². The Hall–Kier alpha value is -3.64. The molecule has 0 bridgehead atoms. The fourth-order valence-electron chi connectivity index (χ4n) is 3.03. The predicted octanol–water partition coefficient (Wildman–Crippen LogP) is 4.02. The monoisotopic (exact) mass is 465 g/mol. The Morgan fingerprint density at radius 1 is 1.09 bits per heavy atom. The van der Waals surface area contributed by atoms with E-state index in [1.165, 1.54) is 28.9 Å². The number of aryl methyl sites for hydroxylation is 1. The maximum absolute atomic E-state index is 13.3. The second-order valence-corrected chi connectivity index (χ2v) is 10.5. The lowest BCUT2D eigenvalue weighted by molar-refractivity contribution is 0.0910. The van der Waals surface area contributed by atoms with Crippen LogP contribution in [-0.2, 0) is 10.0 Å². The van der Waals surface area contributed by atoms with Gasteiger partial charge in [-0.1, -0.05) is 39.0 Å². The number of benzene rings is 2. The Morgan fingerprint density at radius 2 is 1.70 bits per heavy atom. The van der Waals surface area contributed by atoms with Crippen LogP contribution < -0.4 is 10.0 Å². The van der Waals surface area contributed by atoms with Crippen molar-refractivity contribution in [2.45, 2.75) is 45.6 Å². The molecule has 1 aromatic heterocycles. The minimum Gasteiger partial charge on any atom is -0.349 e. The fraction of sp³-hybridized carbons (Fsp3) is 0.292. The smallest absolute Gasteiger partial charge is 0.263 e. The lowest BCUT2D eigenvalue weighted by Crippen LogP contribution is -2.41. The number of rotatable bonds is 6. The summed E-state index contributed by atoms with van der Waals surface area (Å²) in [6, 6.07) is 16.3. The second-order valence-electron chi connectivity index (χ2n) is 8.86. The van der Waals surface area contributed by atoms with E-state index in [2.05, 4.69) is 15.1 Å². The zero-order chi connectivity index (χ0) is 24.4. The minimum atomic E-state index is -4.07. The molecule has 3 aromatic rings. The molecule has 0 fully saturated rings. The number of hydrogen-bond acceptors (Lipinski definition) is 5. The van der Waals surface area contributed by atoms with Crippen LogP contribution in [-0.4, -0.2) is 30.1 Å². The van der Waals surface area contributed by atoms with Gasteiger partial charge in [-0.3, -0.25) is 9.52 Å². The summed E-state index contributed by atoms with van der Waals surface area (Å²) in [6.45, 7) is 9.58. The molecule has 1 heterocycles. The van der Waals surface area contributed by atoms with Gasteiger partial charge in [-0.05, 0) is 55.7 Å². The zero-order valence-electron chi connectivity index (χ0n) is 19.2. The molecule has 0 radical (unpaired) electrons. The summed E-state index contributed by atoms with van der Waals surface area (Å²) in [4.78, 5) is 13.2. The number of carbonyl (C=O) groups is 1. The van der Waals surface area contributed by atoms with Crippen molar-refractivity contribution in [2.75, 3.05) is 4.72 Å². The van der Waals surface area contributed by atoms with E-state index in [0.717, 1.165) is 0 Å². The fourth-order valence-corrected chi connectivity index (χ4v) is 4.08. The van der Waals surface area contributed by atoms with Crippen LogP contribution >= 0.6 is 0 Å². The van der Waals surface area contributed by atoms with Gasteiger partial charge in [0.25, 0.3) is 15.9 Å². The maximum atomic E-state index is 13.3. The highest BCUT2D eigenvalue weighted by Gasteiger charge is 2.29. The number of hydrogen-bond donors (Lipinski definition) is 2. The highest BCUT2D eigenvalue weighted by Crippen LogP contribution is 2.28. The number of sulfonamides is 1. The van der Waals surface area contributed by atoms with E-state index < -0.39 is 15.9 Å².